The van der Waals surface area contributed by atoms with Crippen LogP contribution in [-0.4, -0.2) is 40.8 Å². The Hall–Kier alpha value is -0.430. The Morgan fingerprint density at radius 2 is 2.05 bits per heavy atom. The van der Waals surface area contributed by atoms with Gasteiger partial charge in [-0.25, -0.2) is 0 Å². The van der Waals surface area contributed by atoms with E-state index < -0.39 is 5.51 Å². The first-order chi connectivity index (χ1) is 9.30. The number of carbonyl (C=O) groups excluding carboxylic acids is 1. The summed E-state index contributed by atoms with van der Waals surface area (Å²) in [7, 11) is 0. The standard InChI is InChI=1S/C13H23F3N2OS/c1-4-6-10-17-11(9(3)5-2)12(19)18(10)7-8-20-13(14,15)16/h9-11,17H,4-8H2,1-3H3. The molecule has 1 fully saturated rings. The van der Waals surface area contributed by atoms with E-state index in [0.717, 1.165) is 19.3 Å². The van der Waals surface area contributed by atoms with Gasteiger partial charge in [0, 0.05) is 12.3 Å². The van der Waals surface area contributed by atoms with Crippen molar-refractivity contribution < 1.29 is 18.0 Å². The number of hydrogen-bond acceptors (Lipinski definition) is 3. The number of thioether (sulfide) groups is 1. The maximum atomic E-state index is 12.3. The Kier molecular flexibility index (Phi) is 6.64. The lowest BCUT2D eigenvalue weighted by atomic mass is 9.99. The van der Waals surface area contributed by atoms with Crippen LogP contribution in [0.4, 0.5) is 13.2 Å². The van der Waals surface area contributed by atoms with E-state index in [1.165, 1.54) is 0 Å². The number of hydrogen-bond donors (Lipinski definition) is 1. The monoisotopic (exact) mass is 312 g/mol. The summed E-state index contributed by atoms with van der Waals surface area (Å²) >= 11 is -0.0637. The van der Waals surface area contributed by atoms with Crippen LogP contribution in [0, 0.1) is 5.92 Å². The summed E-state index contributed by atoms with van der Waals surface area (Å²) in [5.74, 6) is 0.0346. The van der Waals surface area contributed by atoms with Crippen molar-refractivity contribution in [1.82, 2.24) is 10.2 Å². The van der Waals surface area contributed by atoms with Crippen LogP contribution in [-0.2, 0) is 4.79 Å². The Bertz CT molecular complexity index is 325. The van der Waals surface area contributed by atoms with E-state index in [0.29, 0.717) is 0 Å². The first-order valence-electron chi connectivity index (χ1n) is 7.07. The Balaban J connectivity index is 2.62. The molecule has 7 heteroatoms. The lowest BCUT2D eigenvalue weighted by molar-refractivity contribution is -0.130. The molecule has 1 aliphatic rings. The lowest BCUT2D eigenvalue weighted by Gasteiger charge is -2.23. The van der Waals surface area contributed by atoms with E-state index in [4.69, 9.17) is 0 Å². The summed E-state index contributed by atoms with van der Waals surface area (Å²) in [6.45, 7) is 6.15. The molecule has 1 heterocycles. The maximum Gasteiger partial charge on any atom is 0.441 e. The number of rotatable bonds is 7. The fourth-order valence-electron chi connectivity index (χ4n) is 2.38. The maximum absolute atomic E-state index is 12.3. The van der Waals surface area contributed by atoms with E-state index in [1.807, 2.05) is 20.8 Å². The summed E-state index contributed by atoms with van der Waals surface area (Å²) in [5.41, 5.74) is -4.23. The summed E-state index contributed by atoms with van der Waals surface area (Å²) in [6, 6.07) is -0.257. The van der Waals surface area contributed by atoms with Gasteiger partial charge in [0.15, 0.2) is 0 Å². The number of nitrogens with one attached hydrogen (secondary N) is 1. The quantitative estimate of drug-likeness (QED) is 0.783. The van der Waals surface area contributed by atoms with E-state index >= 15 is 0 Å². The van der Waals surface area contributed by atoms with Crippen LogP contribution >= 0.6 is 11.8 Å². The van der Waals surface area contributed by atoms with Gasteiger partial charge in [-0.05, 0) is 24.1 Å². The molecule has 1 N–H and O–H groups in total. The SMILES string of the molecule is CCCC1NC(C(C)CC)C(=O)N1CCSC(F)(F)F. The molecule has 118 valence electrons. The molecule has 1 aliphatic heterocycles. The molecule has 0 radical (unpaired) electrons. The van der Waals surface area contributed by atoms with Crippen LogP contribution in [0.5, 0.6) is 0 Å². The molecule has 1 saturated heterocycles. The van der Waals surface area contributed by atoms with E-state index in [1.54, 1.807) is 4.90 Å². The van der Waals surface area contributed by atoms with Gasteiger partial charge in [0.2, 0.25) is 5.91 Å². The molecule has 20 heavy (non-hydrogen) atoms. The van der Waals surface area contributed by atoms with Gasteiger partial charge in [0.05, 0.1) is 12.2 Å². The molecule has 0 aromatic rings. The summed E-state index contributed by atoms with van der Waals surface area (Å²) in [4.78, 5) is 13.9. The van der Waals surface area contributed by atoms with Crippen molar-refractivity contribution in [3.05, 3.63) is 0 Å². The average molecular weight is 312 g/mol. The van der Waals surface area contributed by atoms with Crippen molar-refractivity contribution in [3.63, 3.8) is 0 Å². The molecule has 0 saturated carbocycles. The molecular weight excluding hydrogens is 289 g/mol. The topological polar surface area (TPSA) is 32.3 Å². The molecule has 1 amide bonds. The minimum atomic E-state index is -4.23. The van der Waals surface area contributed by atoms with Gasteiger partial charge in [0.25, 0.3) is 0 Å². The van der Waals surface area contributed by atoms with Crippen molar-refractivity contribution in [3.8, 4) is 0 Å². The summed E-state index contributed by atoms with van der Waals surface area (Å²) in [5, 5.41) is 3.28. The third-order valence-corrected chi connectivity index (χ3v) is 4.38. The second-order valence-electron chi connectivity index (χ2n) is 5.16. The predicted molar refractivity (Wildman–Crippen MR) is 75.3 cm³/mol. The Morgan fingerprint density at radius 1 is 1.40 bits per heavy atom. The zero-order valence-electron chi connectivity index (χ0n) is 12.2. The third-order valence-electron chi connectivity index (χ3n) is 3.67. The van der Waals surface area contributed by atoms with Crippen LogP contribution in [0.15, 0.2) is 0 Å². The van der Waals surface area contributed by atoms with Crippen molar-refractivity contribution in [2.24, 2.45) is 5.92 Å². The van der Waals surface area contributed by atoms with Crippen molar-refractivity contribution in [2.45, 2.75) is 57.7 Å². The lowest BCUT2D eigenvalue weighted by Crippen LogP contribution is -2.38. The fourth-order valence-corrected chi connectivity index (χ4v) is 2.90. The van der Waals surface area contributed by atoms with Gasteiger partial charge in [-0.2, -0.15) is 13.2 Å². The van der Waals surface area contributed by atoms with E-state index in [2.05, 4.69) is 5.32 Å². The normalized spacial score (nSPS) is 25.3. The molecule has 3 atom stereocenters. The first kappa shape index (κ1) is 17.6. The molecule has 0 bridgehead atoms. The average Bonchev–Trinajstić information content (AvgIpc) is 2.66. The largest absolute Gasteiger partial charge is 0.441 e. The van der Waals surface area contributed by atoms with Gasteiger partial charge in [-0.3, -0.25) is 10.1 Å². The third kappa shape index (κ3) is 4.84. The molecule has 3 nitrogen and oxygen atoms in total. The van der Waals surface area contributed by atoms with Gasteiger partial charge in [-0.15, -0.1) is 0 Å². The number of halogens is 3. The predicted octanol–water partition coefficient (Wildman–Crippen LogP) is 3.21. The summed E-state index contributed by atoms with van der Waals surface area (Å²) in [6.07, 6.45) is 2.41. The highest BCUT2D eigenvalue weighted by molar-refractivity contribution is 8.00. The number of alkyl halides is 3. The van der Waals surface area contributed by atoms with Gasteiger partial charge in [-0.1, -0.05) is 33.6 Å². The zero-order valence-corrected chi connectivity index (χ0v) is 13.0. The van der Waals surface area contributed by atoms with Gasteiger partial charge in [0.1, 0.15) is 0 Å². The molecule has 0 spiro atoms. The number of nitrogens with zero attached hydrogens (tertiary/aromatic N) is 1. The fraction of sp³-hybridized carbons (Fsp3) is 0.923. The molecule has 0 aliphatic carbocycles. The number of amides is 1. The van der Waals surface area contributed by atoms with Gasteiger partial charge < -0.3 is 4.90 Å². The second kappa shape index (κ2) is 7.54. The van der Waals surface area contributed by atoms with E-state index in [-0.39, 0.29) is 48.1 Å². The molecular formula is C13H23F3N2OS. The highest BCUT2D eigenvalue weighted by Gasteiger charge is 2.40. The van der Waals surface area contributed by atoms with Gasteiger partial charge >= 0.3 is 5.51 Å². The Labute approximate surface area is 122 Å². The number of carbonyl (C=O) groups is 1. The van der Waals surface area contributed by atoms with Crippen molar-refractivity contribution in [2.75, 3.05) is 12.3 Å². The van der Waals surface area contributed by atoms with Crippen LogP contribution in [0.2, 0.25) is 0 Å². The smallest absolute Gasteiger partial charge is 0.325 e. The van der Waals surface area contributed by atoms with Crippen LogP contribution in [0.3, 0.4) is 0 Å². The molecule has 3 unspecified atom stereocenters. The Morgan fingerprint density at radius 3 is 2.55 bits per heavy atom. The molecule has 1 rings (SSSR count). The van der Waals surface area contributed by atoms with Crippen LogP contribution < -0.4 is 5.32 Å². The van der Waals surface area contributed by atoms with Crippen LogP contribution in [0.1, 0.15) is 40.0 Å². The van der Waals surface area contributed by atoms with Crippen molar-refractivity contribution in [1.29, 1.82) is 0 Å². The second-order valence-corrected chi connectivity index (χ2v) is 6.32. The highest BCUT2D eigenvalue weighted by atomic mass is 32.2. The van der Waals surface area contributed by atoms with Crippen LogP contribution in [0.25, 0.3) is 0 Å². The highest BCUT2D eigenvalue weighted by Crippen LogP contribution is 2.30. The van der Waals surface area contributed by atoms with Crippen molar-refractivity contribution >= 4 is 17.7 Å². The summed E-state index contributed by atoms with van der Waals surface area (Å²) < 4.78 is 36.5. The first-order valence-corrected chi connectivity index (χ1v) is 8.05. The minimum absolute atomic E-state index is 0.0550. The van der Waals surface area contributed by atoms with E-state index in [9.17, 15) is 18.0 Å². The minimum Gasteiger partial charge on any atom is -0.325 e. The zero-order chi connectivity index (χ0) is 15.3. The molecule has 0 aromatic heterocycles. The molecule has 0 aromatic carbocycles.